The number of benzene rings is 2. The van der Waals surface area contributed by atoms with E-state index in [4.69, 9.17) is 0 Å². The molecule has 0 bridgehead atoms. The van der Waals surface area contributed by atoms with Crippen LogP contribution in [-0.4, -0.2) is 21.5 Å². The van der Waals surface area contributed by atoms with Gasteiger partial charge in [0.05, 0.1) is 12.7 Å². The van der Waals surface area contributed by atoms with Gasteiger partial charge in [0.2, 0.25) is 0 Å². The minimum atomic E-state index is -3.87. The molecule has 2 aromatic rings. The van der Waals surface area contributed by atoms with E-state index in [1.807, 2.05) is 13.0 Å². The van der Waals surface area contributed by atoms with Crippen LogP contribution in [0.2, 0.25) is 0 Å². The first kappa shape index (κ1) is 15.1. The number of carbonyl (C=O) groups excluding carboxylic acids is 1. The van der Waals surface area contributed by atoms with Gasteiger partial charge in [-0.3, -0.25) is 4.72 Å². The van der Waals surface area contributed by atoms with Crippen molar-refractivity contribution in [1.82, 2.24) is 0 Å². The zero-order valence-electron chi connectivity index (χ0n) is 11.7. The molecule has 0 aliphatic heterocycles. The first-order valence-corrected chi connectivity index (χ1v) is 7.69. The first-order chi connectivity index (χ1) is 9.94. The summed E-state index contributed by atoms with van der Waals surface area (Å²) in [6, 6.07) is 12.9. The van der Waals surface area contributed by atoms with Crippen LogP contribution in [0.25, 0.3) is 0 Å². The molecule has 0 spiro atoms. The maximum absolute atomic E-state index is 12.4. The standard InChI is InChI=1S/C15H15NO4S/c1-11-6-5-7-12(10-11)16-21(18,19)14-9-4-3-8-13(14)15(17)20-2/h3-10,16H,1-2H3. The fourth-order valence-electron chi connectivity index (χ4n) is 1.90. The van der Waals surface area contributed by atoms with Crippen molar-refractivity contribution in [2.24, 2.45) is 0 Å². The number of nitrogens with one attached hydrogen (secondary N) is 1. The van der Waals surface area contributed by atoms with Crippen molar-refractivity contribution in [2.75, 3.05) is 11.8 Å². The summed E-state index contributed by atoms with van der Waals surface area (Å²) >= 11 is 0. The number of anilines is 1. The van der Waals surface area contributed by atoms with Crippen molar-refractivity contribution < 1.29 is 17.9 Å². The summed E-state index contributed by atoms with van der Waals surface area (Å²) in [4.78, 5) is 11.6. The van der Waals surface area contributed by atoms with Crippen LogP contribution in [-0.2, 0) is 14.8 Å². The smallest absolute Gasteiger partial charge is 0.339 e. The molecule has 0 heterocycles. The van der Waals surface area contributed by atoms with Crippen LogP contribution in [0.4, 0.5) is 5.69 Å². The minimum Gasteiger partial charge on any atom is -0.465 e. The summed E-state index contributed by atoms with van der Waals surface area (Å²) in [7, 11) is -2.66. The number of methoxy groups -OCH3 is 1. The van der Waals surface area contributed by atoms with Gasteiger partial charge >= 0.3 is 5.97 Å². The van der Waals surface area contributed by atoms with Gasteiger partial charge in [0.1, 0.15) is 4.90 Å². The molecule has 110 valence electrons. The van der Waals surface area contributed by atoms with Crippen LogP contribution in [0.15, 0.2) is 53.4 Å². The normalized spacial score (nSPS) is 11.0. The Morgan fingerprint density at radius 2 is 1.81 bits per heavy atom. The lowest BCUT2D eigenvalue weighted by Gasteiger charge is -2.11. The van der Waals surface area contributed by atoms with Crippen LogP contribution < -0.4 is 4.72 Å². The van der Waals surface area contributed by atoms with Gasteiger partial charge in [0.15, 0.2) is 0 Å². The second kappa shape index (κ2) is 5.97. The van der Waals surface area contributed by atoms with Gasteiger partial charge in [0, 0.05) is 5.69 Å². The molecule has 0 unspecified atom stereocenters. The Morgan fingerprint density at radius 1 is 1.10 bits per heavy atom. The Labute approximate surface area is 123 Å². The highest BCUT2D eigenvalue weighted by atomic mass is 32.2. The topological polar surface area (TPSA) is 72.5 Å². The van der Waals surface area contributed by atoms with Crippen molar-refractivity contribution in [3.05, 3.63) is 59.7 Å². The second-order valence-corrected chi connectivity index (χ2v) is 6.11. The summed E-state index contributed by atoms with van der Waals surface area (Å²) in [5.74, 6) is -0.694. The van der Waals surface area contributed by atoms with Crippen LogP contribution in [0, 0.1) is 6.92 Å². The largest absolute Gasteiger partial charge is 0.465 e. The highest BCUT2D eigenvalue weighted by Crippen LogP contribution is 2.20. The van der Waals surface area contributed by atoms with Crippen molar-refractivity contribution in [2.45, 2.75) is 11.8 Å². The molecule has 0 amide bonds. The lowest BCUT2D eigenvalue weighted by molar-refractivity contribution is 0.0596. The van der Waals surface area contributed by atoms with E-state index >= 15 is 0 Å². The van der Waals surface area contributed by atoms with Gasteiger partial charge < -0.3 is 4.74 Å². The number of hydrogen-bond donors (Lipinski definition) is 1. The monoisotopic (exact) mass is 305 g/mol. The molecule has 2 rings (SSSR count). The minimum absolute atomic E-state index is 0.000142. The molecule has 0 atom stereocenters. The van der Waals surface area contributed by atoms with Crippen molar-refractivity contribution in [1.29, 1.82) is 0 Å². The molecule has 0 aliphatic rings. The van der Waals surface area contributed by atoms with Crippen LogP contribution in [0.5, 0.6) is 0 Å². The molecule has 0 saturated carbocycles. The number of hydrogen-bond acceptors (Lipinski definition) is 4. The lowest BCUT2D eigenvalue weighted by atomic mass is 10.2. The SMILES string of the molecule is COC(=O)c1ccccc1S(=O)(=O)Nc1cccc(C)c1. The van der Waals surface area contributed by atoms with Gasteiger partial charge in [-0.25, -0.2) is 13.2 Å². The highest BCUT2D eigenvalue weighted by molar-refractivity contribution is 7.92. The molecule has 0 fully saturated rings. The molecule has 0 aromatic heterocycles. The maximum Gasteiger partial charge on any atom is 0.339 e. The van der Waals surface area contributed by atoms with Gasteiger partial charge in [0.25, 0.3) is 10.0 Å². The first-order valence-electron chi connectivity index (χ1n) is 6.21. The maximum atomic E-state index is 12.4. The van der Waals surface area contributed by atoms with E-state index in [9.17, 15) is 13.2 Å². The molecule has 2 aromatic carbocycles. The van der Waals surface area contributed by atoms with E-state index < -0.39 is 16.0 Å². The third-order valence-corrected chi connectivity index (χ3v) is 4.29. The second-order valence-electron chi connectivity index (χ2n) is 4.46. The number of esters is 1. The van der Waals surface area contributed by atoms with E-state index in [1.54, 1.807) is 30.3 Å². The van der Waals surface area contributed by atoms with E-state index in [1.165, 1.54) is 19.2 Å². The van der Waals surface area contributed by atoms with Crippen LogP contribution in [0.1, 0.15) is 15.9 Å². The van der Waals surface area contributed by atoms with Crippen molar-refractivity contribution in [3.63, 3.8) is 0 Å². The Hall–Kier alpha value is -2.34. The Kier molecular flexibility index (Phi) is 4.28. The molecule has 21 heavy (non-hydrogen) atoms. The van der Waals surface area contributed by atoms with E-state index in [0.29, 0.717) is 5.69 Å². The summed E-state index contributed by atoms with van der Waals surface area (Å²) < 4.78 is 31.9. The highest BCUT2D eigenvalue weighted by Gasteiger charge is 2.22. The Morgan fingerprint density at radius 3 is 2.48 bits per heavy atom. The molecule has 0 saturated heterocycles. The molecule has 5 nitrogen and oxygen atoms in total. The molecular formula is C15H15NO4S. The van der Waals surface area contributed by atoms with Gasteiger partial charge in [-0.2, -0.15) is 0 Å². The fourth-order valence-corrected chi connectivity index (χ4v) is 3.14. The summed E-state index contributed by atoms with van der Waals surface area (Å²) in [5, 5.41) is 0. The molecule has 0 radical (unpaired) electrons. The molecular weight excluding hydrogens is 290 g/mol. The Bertz CT molecular complexity index is 769. The third-order valence-electron chi connectivity index (χ3n) is 2.85. The quantitative estimate of drug-likeness (QED) is 0.881. The average molecular weight is 305 g/mol. The summed E-state index contributed by atoms with van der Waals surface area (Å²) in [6.07, 6.45) is 0. The Balaban J connectivity index is 2.43. The zero-order chi connectivity index (χ0) is 15.5. The lowest BCUT2D eigenvalue weighted by Crippen LogP contribution is -2.17. The number of carbonyl (C=O) groups is 1. The number of sulfonamides is 1. The van der Waals surface area contributed by atoms with Crippen molar-refractivity contribution >= 4 is 21.7 Å². The van der Waals surface area contributed by atoms with E-state index in [0.717, 1.165) is 5.56 Å². The molecule has 0 aliphatic carbocycles. The fraction of sp³-hybridized carbons (Fsp3) is 0.133. The third kappa shape index (κ3) is 3.41. The van der Waals surface area contributed by atoms with Crippen LogP contribution >= 0.6 is 0 Å². The zero-order valence-corrected chi connectivity index (χ0v) is 12.5. The van der Waals surface area contributed by atoms with Gasteiger partial charge in [-0.15, -0.1) is 0 Å². The predicted molar refractivity (Wildman–Crippen MR) is 79.8 cm³/mol. The molecule has 6 heteroatoms. The number of rotatable bonds is 4. The van der Waals surface area contributed by atoms with Crippen molar-refractivity contribution in [3.8, 4) is 0 Å². The van der Waals surface area contributed by atoms with Gasteiger partial charge in [-0.1, -0.05) is 24.3 Å². The van der Waals surface area contributed by atoms with E-state index in [-0.39, 0.29) is 10.5 Å². The summed E-state index contributed by atoms with van der Waals surface area (Å²) in [6.45, 7) is 1.86. The average Bonchev–Trinajstić information content (AvgIpc) is 2.46. The van der Waals surface area contributed by atoms with Gasteiger partial charge in [-0.05, 0) is 36.8 Å². The predicted octanol–water partition coefficient (Wildman–Crippen LogP) is 2.58. The van der Waals surface area contributed by atoms with Crippen LogP contribution in [0.3, 0.4) is 0 Å². The summed E-state index contributed by atoms with van der Waals surface area (Å²) in [5.41, 5.74) is 1.37. The molecule has 1 N–H and O–H groups in total. The number of ether oxygens (including phenoxy) is 1. The number of aryl methyl sites for hydroxylation is 1. The van der Waals surface area contributed by atoms with E-state index in [2.05, 4.69) is 9.46 Å².